The number of hydrogen-bond donors (Lipinski definition) is 0. The lowest BCUT2D eigenvalue weighted by Gasteiger charge is -2.35. The minimum atomic E-state index is 0.748. The van der Waals surface area contributed by atoms with E-state index in [4.69, 9.17) is 0 Å². The van der Waals surface area contributed by atoms with Gasteiger partial charge in [-0.2, -0.15) is 0 Å². The Kier molecular flexibility index (Phi) is 5.99. The van der Waals surface area contributed by atoms with E-state index in [-0.39, 0.29) is 0 Å². The van der Waals surface area contributed by atoms with Gasteiger partial charge in [0.25, 0.3) is 0 Å². The molecule has 0 spiro atoms. The third-order valence-corrected chi connectivity index (χ3v) is 8.08. The molecule has 25 heavy (non-hydrogen) atoms. The van der Waals surface area contributed by atoms with Gasteiger partial charge in [-0.15, -0.1) is 11.8 Å². The van der Waals surface area contributed by atoms with Gasteiger partial charge in [0.05, 0.1) is 0 Å². The molecule has 2 aliphatic rings. The first-order valence-electron chi connectivity index (χ1n) is 9.70. The normalized spacial score (nSPS) is 21.0. The first-order chi connectivity index (χ1) is 12.3. The van der Waals surface area contributed by atoms with Gasteiger partial charge in [-0.1, -0.05) is 19.3 Å². The molecular formula is C21H27BrN2S. The standard InChI is InChI=1S/C21H27BrN2S/c22-20-12-18-14-23-9-6-17(18)13-21(20)25-19-7-10-24(11-8-19)15-16-4-2-1-3-5-16/h6,9,12-14,16,19H,1-5,7-8,10-11,15H2. The third kappa shape index (κ3) is 4.58. The van der Waals surface area contributed by atoms with Gasteiger partial charge < -0.3 is 4.90 Å². The molecule has 4 rings (SSSR count). The fourth-order valence-electron chi connectivity index (χ4n) is 4.30. The van der Waals surface area contributed by atoms with Gasteiger partial charge in [0.2, 0.25) is 0 Å². The summed E-state index contributed by atoms with van der Waals surface area (Å²) >= 11 is 5.82. The van der Waals surface area contributed by atoms with Crippen molar-refractivity contribution in [3.05, 3.63) is 35.1 Å². The number of likely N-dealkylation sites (tertiary alicyclic amines) is 1. The quantitative estimate of drug-likeness (QED) is 0.593. The molecule has 4 heteroatoms. The summed E-state index contributed by atoms with van der Waals surface area (Å²) in [6.07, 6.45) is 13.8. The summed E-state index contributed by atoms with van der Waals surface area (Å²) in [5, 5.41) is 3.25. The number of thioether (sulfide) groups is 1. The Morgan fingerprint density at radius 1 is 1.04 bits per heavy atom. The number of fused-ring (bicyclic) bond motifs is 1. The summed E-state index contributed by atoms with van der Waals surface area (Å²) in [5.74, 6) is 0.973. The van der Waals surface area contributed by atoms with E-state index in [2.05, 4.69) is 55.8 Å². The smallest absolute Gasteiger partial charge is 0.0346 e. The molecule has 2 heterocycles. The van der Waals surface area contributed by atoms with Crippen LogP contribution in [-0.4, -0.2) is 34.8 Å². The maximum absolute atomic E-state index is 4.22. The van der Waals surface area contributed by atoms with Crippen LogP contribution in [0.5, 0.6) is 0 Å². The number of hydrogen-bond acceptors (Lipinski definition) is 3. The first kappa shape index (κ1) is 17.8. The minimum absolute atomic E-state index is 0.748. The average Bonchev–Trinajstić information content (AvgIpc) is 2.65. The molecule has 2 aromatic rings. The van der Waals surface area contributed by atoms with Crippen LogP contribution in [0.3, 0.4) is 0 Å². The third-order valence-electron chi connectivity index (χ3n) is 5.76. The SMILES string of the molecule is Brc1cc2cnccc2cc1SC1CCN(CC2CCCCC2)CC1. The number of rotatable bonds is 4. The molecule has 1 saturated heterocycles. The largest absolute Gasteiger partial charge is 0.303 e. The predicted octanol–water partition coefficient (Wildman–Crippen LogP) is 6.13. The zero-order chi connectivity index (χ0) is 17.1. The molecule has 1 saturated carbocycles. The van der Waals surface area contributed by atoms with Crippen LogP contribution in [-0.2, 0) is 0 Å². The lowest BCUT2D eigenvalue weighted by molar-refractivity contribution is 0.176. The number of halogens is 1. The summed E-state index contributed by atoms with van der Waals surface area (Å²) in [7, 11) is 0. The second-order valence-corrected chi connectivity index (χ2v) is 9.82. The Morgan fingerprint density at radius 2 is 1.84 bits per heavy atom. The molecule has 1 aliphatic carbocycles. The van der Waals surface area contributed by atoms with Crippen molar-refractivity contribution in [2.45, 2.75) is 55.1 Å². The van der Waals surface area contributed by atoms with Crippen molar-refractivity contribution in [2.24, 2.45) is 5.92 Å². The van der Waals surface area contributed by atoms with Crippen LogP contribution in [0.25, 0.3) is 10.8 Å². The van der Waals surface area contributed by atoms with Crippen LogP contribution in [0.2, 0.25) is 0 Å². The van der Waals surface area contributed by atoms with Crippen LogP contribution < -0.4 is 0 Å². The molecule has 0 atom stereocenters. The molecule has 1 aliphatic heterocycles. The Hall–Kier alpha value is -0.580. The lowest BCUT2D eigenvalue weighted by atomic mass is 9.88. The summed E-state index contributed by atoms with van der Waals surface area (Å²) in [5.41, 5.74) is 0. The van der Waals surface area contributed by atoms with Gasteiger partial charge in [-0.3, -0.25) is 4.98 Å². The second-order valence-electron chi connectivity index (χ2n) is 7.63. The van der Waals surface area contributed by atoms with Gasteiger partial charge in [0.15, 0.2) is 0 Å². The van der Waals surface area contributed by atoms with Crippen LogP contribution >= 0.6 is 27.7 Å². The molecule has 2 nitrogen and oxygen atoms in total. The van der Waals surface area contributed by atoms with E-state index in [1.807, 2.05) is 12.4 Å². The predicted molar refractivity (Wildman–Crippen MR) is 111 cm³/mol. The first-order valence-corrected chi connectivity index (χ1v) is 11.4. The van der Waals surface area contributed by atoms with Gasteiger partial charge in [0, 0.05) is 38.9 Å². The molecule has 134 valence electrons. The summed E-state index contributed by atoms with van der Waals surface area (Å²) < 4.78 is 1.21. The van der Waals surface area contributed by atoms with Gasteiger partial charge >= 0.3 is 0 Å². The molecule has 0 radical (unpaired) electrons. The van der Waals surface area contributed by atoms with E-state index in [0.29, 0.717) is 0 Å². The van der Waals surface area contributed by atoms with Crippen LogP contribution in [0.15, 0.2) is 40.0 Å². The highest BCUT2D eigenvalue weighted by molar-refractivity contribution is 9.10. The van der Waals surface area contributed by atoms with E-state index >= 15 is 0 Å². The summed E-state index contributed by atoms with van der Waals surface area (Å²) in [4.78, 5) is 8.33. The van der Waals surface area contributed by atoms with Crippen molar-refractivity contribution in [2.75, 3.05) is 19.6 Å². The Labute approximate surface area is 163 Å². The zero-order valence-corrected chi connectivity index (χ0v) is 17.2. The van der Waals surface area contributed by atoms with E-state index in [9.17, 15) is 0 Å². The monoisotopic (exact) mass is 418 g/mol. The van der Waals surface area contributed by atoms with Crippen LogP contribution in [0.1, 0.15) is 44.9 Å². The molecule has 0 unspecified atom stereocenters. The van der Waals surface area contributed by atoms with E-state index < -0.39 is 0 Å². The molecule has 1 aromatic heterocycles. The van der Waals surface area contributed by atoms with Gasteiger partial charge in [-0.25, -0.2) is 0 Å². The van der Waals surface area contributed by atoms with Crippen molar-refractivity contribution in [3.8, 4) is 0 Å². The average molecular weight is 419 g/mol. The second kappa shape index (κ2) is 8.41. The Balaban J connectivity index is 1.33. The number of pyridine rings is 1. The molecule has 0 N–H and O–H groups in total. The molecule has 2 fully saturated rings. The van der Waals surface area contributed by atoms with Crippen molar-refractivity contribution < 1.29 is 0 Å². The maximum Gasteiger partial charge on any atom is 0.0346 e. The molecule has 1 aromatic carbocycles. The molecule has 0 bridgehead atoms. The molecule has 0 amide bonds. The van der Waals surface area contributed by atoms with Crippen molar-refractivity contribution >= 4 is 38.5 Å². The van der Waals surface area contributed by atoms with Gasteiger partial charge in [-0.05, 0) is 84.2 Å². The lowest BCUT2D eigenvalue weighted by Crippen LogP contribution is -2.38. The highest BCUT2D eigenvalue weighted by Gasteiger charge is 2.23. The zero-order valence-electron chi connectivity index (χ0n) is 14.8. The number of benzene rings is 1. The van der Waals surface area contributed by atoms with Crippen molar-refractivity contribution in [1.29, 1.82) is 0 Å². The summed E-state index contributed by atoms with van der Waals surface area (Å²) in [6.45, 7) is 3.91. The van der Waals surface area contributed by atoms with Gasteiger partial charge in [0.1, 0.15) is 0 Å². The highest BCUT2D eigenvalue weighted by atomic mass is 79.9. The van der Waals surface area contributed by atoms with Crippen LogP contribution in [0, 0.1) is 5.92 Å². The Morgan fingerprint density at radius 3 is 2.64 bits per heavy atom. The fourth-order valence-corrected chi connectivity index (χ4v) is 6.12. The number of piperidine rings is 1. The maximum atomic E-state index is 4.22. The number of nitrogens with zero attached hydrogens (tertiary/aromatic N) is 2. The summed E-state index contributed by atoms with van der Waals surface area (Å²) in [6, 6.07) is 6.64. The Bertz CT molecular complexity index is 706. The van der Waals surface area contributed by atoms with Crippen LogP contribution in [0.4, 0.5) is 0 Å². The number of aromatic nitrogens is 1. The minimum Gasteiger partial charge on any atom is -0.303 e. The van der Waals surface area contributed by atoms with E-state index in [0.717, 1.165) is 11.2 Å². The highest BCUT2D eigenvalue weighted by Crippen LogP contribution is 2.37. The fraction of sp³-hybridized carbons (Fsp3) is 0.571. The molecular weight excluding hydrogens is 392 g/mol. The van der Waals surface area contributed by atoms with Crippen molar-refractivity contribution in [1.82, 2.24) is 9.88 Å². The van der Waals surface area contributed by atoms with E-state index in [1.165, 1.54) is 84.7 Å². The van der Waals surface area contributed by atoms with Crippen molar-refractivity contribution in [3.63, 3.8) is 0 Å². The van der Waals surface area contributed by atoms with E-state index in [1.54, 1.807) is 0 Å². The topological polar surface area (TPSA) is 16.1 Å².